The van der Waals surface area contributed by atoms with Gasteiger partial charge < -0.3 is 9.84 Å². The van der Waals surface area contributed by atoms with E-state index in [0.29, 0.717) is 16.9 Å². The maximum atomic E-state index is 13.0. The van der Waals surface area contributed by atoms with Crippen molar-refractivity contribution in [3.8, 4) is 22.6 Å². The van der Waals surface area contributed by atoms with Crippen LogP contribution >= 0.6 is 0 Å². The van der Waals surface area contributed by atoms with E-state index in [1.54, 1.807) is 43.5 Å². The molecule has 0 fully saturated rings. The summed E-state index contributed by atoms with van der Waals surface area (Å²) >= 11 is 0. The van der Waals surface area contributed by atoms with Gasteiger partial charge >= 0.3 is 0 Å². The van der Waals surface area contributed by atoms with E-state index in [1.807, 2.05) is 31.2 Å². The number of methoxy groups -OCH3 is 1. The Labute approximate surface area is 141 Å². The molecule has 3 nitrogen and oxygen atoms in total. The molecular formula is C21H18O3. The largest absolute Gasteiger partial charge is 0.508 e. The zero-order valence-electron chi connectivity index (χ0n) is 13.6. The summed E-state index contributed by atoms with van der Waals surface area (Å²) in [5.74, 6) is 0.637. The molecule has 0 spiro atoms. The highest BCUT2D eigenvalue weighted by atomic mass is 16.5. The highest BCUT2D eigenvalue weighted by molar-refractivity contribution is 6.13. The Morgan fingerprint density at radius 2 is 1.62 bits per heavy atom. The molecule has 0 amide bonds. The highest BCUT2D eigenvalue weighted by Gasteiger charge is 2.17. The highest BCUT2D eigenvalue weighted by Crippen LogP contribution is 2.31. The van der Waals surface area contributed by atoms with Gasteiger partial charge in [-0.2, -0.15) is 0 Å². The second-order valence-electron chi connectivity index (χ2n) is 5.60. The molecule has 0 aliphatic rings. The molecule has 120 valence electrons. The fraction of sp³-hybridized carbons (Fsp3) is 0.0952. The van der Waals surface area contributed by atoms with Gasteiger partial charge in [-0.3, -0.25) is 4.79 Å². The first-order valence-corrected chi connectivity index (χ1v) is 7.68. The summed E-state index contributed by atoms with van der Waals surface area (Å²) in [5, 5.41) is 9.86. The molecule has 0 aliphatic heterocycles. The number of ether oxygens (including phenoxy) is 1. The molecule has 0 saturated heterocycles. The van der Waals surface area contributed by atoms with Crippen molar-refractivity contribution in [1.82, 2.24) is 0 Å². The lowest BCUT2D eigenvalue weighted by Crippen LogP contribution is -2.04. The third-order valence-electron chi connectivity index (χ3n) is 4.04. The average molecular weight is 318 g/mol. The van der Waals surface area contributed by atoms with E-state index in [1.165, 1.54) is 6.07 Å². The maximum absolute atomic E-state index is 13.0. The minimum Gasteiger partial charge on any atom is -0.508 e. The first-order valence-electron chi connectivity index (χ1n) is 7.68. The van der Waals surface area contributed by atoms with Gasteiger partial charge in [-0.25, -0.2) is 0 Å². The van der Waals surface area contributed by atoms with Crippen LogP contribution in [0.2, 0.25) is 0 Å². The Kier molecular flexibility index (Phi) is 4.34. The molecule has 0 saturated carbocycles. The zero-order valence-corrected chi connectivity index (χ0v) is 13.6. The number of phenols is 1. The number of carbonyl (C=O) groups excluding carboxylic acids is 1. The Morgan fingerprint density at radius 1 is 0.917 bits per heavy atom. The van der Waals surface area contributed by atoms with Crippen molar-refractivity contribution in [3.63, 3.8) is 0 Å². The van der Waals surface area contributed by atoms with Gasteiger partial charge in [0.2, 0.25) is 0 Å². The van der Waals surface area contributed by atoms with Crippen LogP contribution in [0.5, 0.6) is 11.5 Å². The molecule has 0 aliphatic carbocycles. The van der Waals surface area contributed by atoms with E-state index >= 15 is 0 Å². The summed E-state index contributed by atoms with van der Waals surface area (Å²) in [4.78, 5) is 13.0. The standard InChI is InChI=1S/C21H18O3/c1-14-5-3-4-6-18(14)19-12-9-16(22)13-20(19)21(23)15-7-10-17(24-2)11-8-15/h3-13,22H,1-2H3. The number of aryl methyl sites for hydroxylation is 1. The van der Waals surface area contributed by atoms with Crippen molar-refractivity contribution in [1.29, 1.82) is 0 Å². The van der Waals surface area contributed by atoms with E-state index < -0.39 is 0 Å². The number of rotatable bonds is 4. The van der Waals surface area contributed by atoms with Crippen molar-refractivity contribution in [2.75, 3.05) is 7.11 Å². The number of aromatic hydroxyl groups is 1. The maximum Gasteiger partial charge on any atom is 0.193 e. The molecule has 0 radical (unpaired) electrons. The van der Waals surface area contributed by atoms with Crippen molar-refractivity contribution in [3.05, 3.63) is 83.4 Å². The van der Waals surface area contributed by atoms with Crippen LogP contribution in [0, 0.1) is 6.92 Å². The van der Waals surface area contributed by atoms with Crippen molar-refractivity contribution in [2.24, 2.45) is 0 Å². The van der Waals surface area contributed by atoms with Gasteiger partial charge in [-0.15, -0.1) is 0 Å². The first kappa shape index (κ1) is 15.8. The molecular weight excluding hydrogens is 300 g/mol. The molecule has 0 aromatic heterocycles. The summed E-state index contributed by atoms with van der Waals surface area (Å²) in [6, 6.07) is 19.8. The molecule has 0 heterocycles. The lowest BCUT2D eigenvalue weighted by Gasteiger charge is -2.12. The summed E-state index contributed by atoms with van der Waals surface area (Å²) in [6.07, 6.45) is 0. The second-order valence-corrected chi connectivity index (χ2v) is 5.60. The van der Waals surface area contributed by atoms with E-state index in [4.69, 9.17) is 4.74 Å². The third-order valence-corrected chi connectivity index (χ3v) is 4.04. The Morgan fingerprint density at radius 3 is 2.29 bits per heavy atom. The number of hydrogen-bond donors (Lipinski definition) is 1. The van der Waals surface area contributed by atoms with Crippen LogP contribution in [-0.4, -0.2) is 18.0 Å². The molecule has 24 heavy (non-hydrogen) atoms. The van der Waals surface area contributed by atoms with Crippen molar-refractivity contribution < 1.29 is 14.6 Å². The fourth-order valence-electron chi connectivity index (χ4n) is 2.73. The van der Waals surface area contributed by atoms with Crippen LogP contribution in [0.1, 0.15) is 21.5 Å². The van der Waals surface area contributed by atoms with Crippen LogP contribution in [0.4, 0.5) is 0 Å². The topological polar surface area (TPSA) is 46.5 Å². The van der Waals surface area contributed by atoms with Gasteiger partial charge in [-0.1, -0.05) is 24.3 Å². The van der Waals surface area contributed by atoms with Gasteiger partial charge in [0, 0.05) is 11.1 Å². The van der Waals surface area contributed by atoms with Crippen LogP contribution in [-0.2, 0) is 0 Å². The van der Waals surface area contributed by atoms with Gasteiger partial charge in [0.1, 0.15) is 11.5 Å². The molecule has 3 heteroatoms. The zero-order chi connectivity index (χ0) is 17.1. The monoisotopic (exact) mass is 318 g/mol. The normalized spacial score (nSPS) is 10.4. The van der Waals surface area contributed by atoms with Crippen LogP contribution in [0.3, 0.4) is 0 Å². The van der Waals surface area contributed by atoms with Crippen LogP contribution < -0.4 is 4.74 Å². The predicted molar refractivity (Wildman–Crippen MR) is 94.7 cm³/mol. The van der Waals surface area contributed by atoms with Crippen LogP contribution in [0.15, 0.2) is 66.7 Å². The Hall–Kier alpha value is -3.07. The number of carbonyl (C=O) groups is 1. The minimum absolute atomic E-state index is 0.0733. The Balaban J connectivity index is 2.11. The Bertz CT molecular complexity index is 880. The summed E-state index contributed by atoms with van der Waals surface area (Å²) in [7, 11) is 1.59. The van der Waals surface area contributed by atoms with E-state index in [2.05, 4.69) is 0 Å². The molecule has 3 aromatic carbocycles. The summed E-state index contributed by atoms with van der Waals surface area (Å²) in [6.45, 7) is 2.00. The van der Waals surface area contributed by atoms with E-state index in [-0.39, 0.29) is 11.5 Å². The third kappa shape index (κ3) is 3.01. The average Bonchev–Trinajstić information content (AvgIpc) is 2.62. The second kappa shape index (κ2) is 6.59. The lowest BCUT2D eigenvalue weighted by atomic mass is 9.91. The fourth-order valence-corrected chi connectivity index (χ4v) is 2.73. The van der Waals surface area contributed by atoms with Gasteiger partial charge in [0.15, 0.2) is 5.78 Å². The molecule has 3 rings (SSSR count). The summed E-state index contributed by atoms with van der Waals surface area (Å²) in [5.41, 5.74) is 3.90. The first-order chi connectivity index (χ1) is 11.6. The molecule has 0 bridgehead atoms. The SMILES string of the molecule is COc1ccc(C(=O)c2cc(O)ccc2-c2ccccc2C)cc1. The number of ketones is 1. The number of phenolic OH excluding ortho intramolecular Hbond substituents is 1. The van der Waals surface area contributed by atoms with Crippen molar-refractivity contribution >= 4 is 5.78 Å². The molecule has 3 aromatic rings. The van der Waals surface area contributed by atoms with Gasteiger partial charge in [0.05, 0.1) is 7.11 Å². The quantitative estimate of drug-likeness (QED) is 0.715. The molecule has 0 atom stereocenters. The number of hydrogen-bond acceptors (Lipinski definition) is 3. The smallest absolute Gasteiger partial charge is 0.193 e. The van der Waals surface area contributed by atoms with Gasteiger partial charge in [-0.05, 0) is 66.1 Å². The minimum atomic E-state index is -0.133. The lowest BCUT2D eigenvalue weighted by molar-refractivity contribution is 0.103. The molecule has 0 unspecified atom stereocenters. The molecule has 1 N–H and O–H groups in total. The van der Waals surface area contributed by atoms with Crippen molar-refractivity contribution in [2.45, 2.75) is 6.92 Å². The van der Waals surface area contributed by atoms with Gasteiger partial charge in [0.25, 0.3) is 0 Å². The van der Waals surface area contributed by atoms with Crippen LogP contribution in [0.25, 0.3) is 11.1 Å². The van der Waals surface area contributed by atoms with E-state index in [0.717, 1.165) is 16.7 Å². The predicted octanol–water partition coefficient (Wildman–Crippen LogP) is 4.61. The summed E-state index contributed by atoms with van der Waals surface area (Å²) < 4.78 is 5.13. The number of benzene rings is 3. The van der Waals surface area contributed by atoms with E-state index in [9.17, 15) is 9.90 Å².